The second-order valence-electron chi connectivity index (χ2n) is 5.40. The Morgan fingerprint density at radius 1 is 1.53 bits per heavy atom. The first-order chi connectivity index (χ1) is 7.11. The molecule has 0 amide bonds. The first-order valence-electron chi connectivity index (χ1n) is 5.99. The van der Waals surface area contributed by atoms with Gasteiger partial charge in [-0.15, -0.1) is 0 Å². The SMILES string of the molecule is CCC12C=CCC(F)CN1C1(N)CC1C2. The third-order valence-corrected chi connectivity index (χ3v) is 4.57. The molecule has 0 aromatic heterocycles. The first-order valence-corrected chi connectivity index (χ1v) is 5.99. The predicted molar refractivity (Wildman–Crippen MR) is 58.0 cm³/mol. The quantitative estimate of drug-likeness (QED) is 0.669. The lowest BCUT2D eigenvalue weighted by Gasteiger charge is -2.40. The minimum absolute atomic E-state index is 0.0680. The largest absolute Gasteiger partial charge is 0.313 e. The average molecular weight is 210 g/mol. The predicted octanol–water partition coefficient (Wildman–Crippen LogP) is 1.81. The number of rotatable bonds is 1. The fraction of sp³-hybridized carbons (Fsp3) is 0.833. The van der Waals surface area contributed by atoms with E-state index >= 15 is 0 Å². The van der Waals surface area contributed by atoms with Gasteiger partial charge in [0, 0.05) is 12.1 Å². The zero-order valence-electron chi connectivity index (χ0n) is 9.25. The summed E-state index contributed by atoms with van der Waals surface area (Å²) in [6, 6.07) is 0. The molecule has 4 atom stereocenters. The van der Waals surface area contributed by atoms with Crippen LogP contribution in [0.25, 0.3) is 0 Å². The van der Waals surface area contributed by atoms with Gasteiger partial charge in [-0.25, -0.2) is 4.39 Å². The van der Waals surface area contributed by atoms with Crippen molar-refractivity contribution in [1.82, 2.24) is 4.90 Å². The van der Waals surface area contributed by atoms with E-state index in [1.165, 1.54) is 0 Å². The van der Waals surface area contributed by atoms with Crippen LogP contribution in [0, 0.1) is 5.92 Å². The molecule has 2 heterocycles. The van der Waals surface area contributed by atoms with Crippen LogP contribution in [0.3, 0.4) is 0 Å². The molecule has 0 spiro atoms. The van der Waals surface area contributed by atoms with Crippen LogP contribution in [0.1, 0.15) is 32.6 Å². The maximum Gasteiger partial charge on any atom is 0.116 e. The summed E-state index contributed by atoms with van der Waals surface area (Å²) in [6.07, 6.45) is 7.29. The summed E-state index contributed by atoms with van der Waals surface area (Å²) >= 11 is 0. The van der Waals surface area contributed by atoms with Gasteiger partial charge in [0.2, 0.25) is 0 Å². The Morgan fingerprint density at radius 2 is 2.33 bits per heavy atom. The average Bonchev–Trinajstić information content (AvgIpc) is 2.83. The molecule has 3 heteroatoms. The second kappa shape index (κ2) is 2.83. The van der Waals surface area contributed by atoms with Gasteiger partial charge in [-0.3, -0.25) is 4.90 Å². The molecule has 84 valence electrons. The van der Waals surface area contributed by atoms with Crippen LogP contribution >= 0.6 is 0 Å². The van der Waals surface area contributed by atoms with E-state index in [2.05, 4.69) is 17.9 Å². The molecule has 0 aromatic carbocycles. The van der Waals surface area contributed by atoms with E-state index in [0.717, 1.165) is 19.3 Å². The molecule has 4 unspecified atom stereocenters. The monoisotopic (exact) mass is 210 g/mol. The number of fused-ring (bicyclic) bond motifs is 3. The van der Waals surface area contributed by atoms with E-state index in [-0.39, 0.29) is 11.2 Å². The minimum atomic E-state index is -0.741. The minimum Gasteiger partial charge on any atom is -0.313 e. The summed E-state index contributed by atoms with van der Waals surface area (Å²) in [5.74, 6) is 0.604. The highest BCUT2D eigenvalue weighted by molar-refractivity contribution is 5.27. The molecule has 2 aliphatic heterocycles. The van der Waals surface area contributed by atoms with Gasteiger partial charge in [0.05, 0.1) is 5.66 Å². The van der Waals surface area contributed by atoms with Gasteiger partial charge < -0.3 is 5.73 Å². The number of allylic oxidation sites excluding steroid dienone is 1. The summed E-state index contributed by atoms with van der Waals surface area (Å²) in [4.78, 5) is 2.25. The molecule has 2 N–H and O–H groups in total. The van der Waals surface area contributed by atoms with Crippen molar-refractivity contribution >= 4 is 0 Å². The van der Waals surface area contributed by atoms with Crippen LogP contribution < -0.4 is 5.73 Å². The second-order valence-corrected chi connectivity index (χ2v) is 5.40. The smallest absolute Gasteiger partial charge is 0.116 e. The van der Waals surface area contributed by atoms with Crippen LogP contribution in [0.4, 0.5) is 4.39 Å². The highest BCUT2D eigenvalue weighted by Crippen LogP contribution is 2.60. The number of nitrogens with zero attached hydrogens (tertiary/aromatic N) is 1. The van der Waals surface area contributed by atoms with Gasteiger partial charge in [0.1, 0.15) is 6.17 Å². The lowest BCUT2D eigenvalue weighted by atomic mass is 9.90. The van der Waals surface area contributed by atoms with Gasteiger partial charge in [0.15, 0.2) is 0 Å². The van der Waals surface area contributed by atoms with E-state index < -0.39 is 6.17 Å². The number of halogens is 1. The van der Waals surface area contributed by atoms with Crippen LogP contribution in [0.5, 0.6) is 0 Å². The van der Waals surface area contributed by atoms with Crippen molar-refractivity contribution in [2.24, 2.45) is 11.7 Å². The molecule has 15 heavy (non-hydrogen) atoms. The number of hydrogen-bond donors (Lipinski definition) is 1. The van der Waals surface area contributed by atoms with Crippen molar-refractivity contribution in [1.29, 1.82) is 0 Å². The Labute approximate surface area is 90.3 Å². The van der Waals surface area contributed by atoms with Crippen LogP contribution in [0.15, 0.2) is 12.2 Å². The number of nitrogens with two attached hydrogens (primary N) is 1. The maximum atomic E-state index is 13.6. The Balaban J connectivity index is 1.97. The molecule has 1 saturated heterocycles. The van der Waals surface area contributed by atoms with Crippen LogP contribution in [-0.2, 0) is 0 Å². The summed E-state index contributed by atoms with van der Waals surface area (Å²) in [5.41, 5.74) is 6.22. The molecule has 2 nitrogen and oxygen atoms in total. The Hall–Kier alpha value is -0.410. The molecule has 1 saturated carbocycles. The zero-order chi connectivity index (χ0) is 10.7. The van der Waals surface area contributed by atoms with Crippen molar-refractivity contribution < 1.29 is 4.39 Å². The number of alkyl halides is 1. The zero-order valence-corrected chi connectivity index (χ0v) is 9.25. The molecular weight excluding hydrogens is 191 g/mol. The van der Waals surface area contributed by atoms with E-state index in [1.54, 1.807) is 0 Å². The summed E-state index contributed by atoms with van der Waals surface area (Å²) in [6.45, 7) is 2.71. The van der Waals surface area contributed by atoms with Gasteiger partial charge >= 0.3 is 0 Å². The van der Waals surface area contributed by atoms with Crippen molar-refractivity contribution in [3.05, 3.63) is 12.2 Å². The van der Waals surface area contributed by atoms with E-state index in [4.69, 9.17) is 5.73 Å². The van der Waals surface area contributed by atoms with Gasteiger partial charge in [-0.2, -0.15) is 0 Å². The molecule has 3 aliphatic rings. The maximum absolute atomic E-state index is 13.6. The Morgan fingerprint density at radius 3 is 3.07 bits per heavy atom. The normalized spacial score (nSPS) is 53.5. The Kier molecular flexibility index (Phi) is 1.85. The molecule has 1 aliphatic carbocycles. The molecule has 0 aromatic rings. The molecular formula is C12H19FN2. The van der Waals surface area contributed by atoms with Crippen LogP contribution in [0.2, 0.25) is 0 Å². The highest BCUT2D eigenvalue weighted by atomic mass is 19.1. The fourth-order valence-electron chi connectivity index (χ4n) is 3.54. The van der Waals surface area contributed by atoms with Crippen LogP contribution in [-0.4, -0.2) is 28.8 Å². The topological polar surface area (TPSA) is 29.3 Å². The lowest BCUT2D eigenvalue weighted by molar-refractivity contribution is 0.0720. The Bertz CT molecular complexity index is 317. The highest BCUT2D eigenvalue weighted by Gasteiger charge is 2.67. The third-order valence-electron chi connectivity index (χ3n) is 4.57. The number of piperidine rings is 1. The standard InChI is InChI=1S/C12H19FN2/c1-2-11-5-3-4-10(13)8-15(11)12(14)7-9(12)6-11/h3,5,9-10H,2,4,6-8,14H2,1H3. The van der Waals surface area contributed by atoms with Gasteiger partial charge in [0.25, 0.3) is 0 Å². The molecule has 3 rings (SSSR count). The molecule has 2 fully saturated rings. The van der Waals surface area contributed by atoms with E-state index in [9.17, 15) is 4.39 Å². The summed E-state index contributed by atoms with van der Waals surface area (Å²) < 4.78 is 13.6. The van der Waals surface area contributed by atoms with Crippen molar-refractivity contribution in [2.45, 2.75) is 50.0 Å². The fourth-order valence-corrected chi connectivity index (χ4v) is 3.54. The van der Waals surface area contributed by atoms with Crippen molar-refractivity contribution in [3.63, 3.8) is 0 Å². The van der Waals surface area contributed by atoms with Gasteiger partial charge in [-0.1, -0.05) is 19.1 Å². The van der Waals surface area contributed by atoms with Gasteiger partial charge in [-0.05, 0) is 31.6 Å². The first kappa shape index (κ1) is 9.79. The lowest BCUT2D eigenvalue weighted by Crippen LogP contribution is -2.54. The molecule has 0 radical (unpaired) electrons. The third kappa shape index (κ3) is 1.16. The van der Waals surface area contributed by atoms with E-state index in [1.807, 2.05) is 6.08 Å². The van der Waals surface area contributed by atoms with Crippen molar-refractivity contribution in [2.75, 3.05) is 6.54 Å². The summed E-state index contributed by atoms with van der Waals surface area (Å²) in [5, 5.41) is 0. The van der Waals surface area contributed by atoms with Crippen molar-refractivity contribution in [3.8, 4) is 0 Å². The number of hydrogen-bond acceptors (Lipinski definition) is 2. The van der Waals surface area contributed by atoms with E-state index in [0.29, 0.717) is 18.9 Å². The molecule has 0 bridgehead atoms. The summed E-state index contributed by atoms with van der Waals surface area (Å²) in [7, 11) is 0.